The highest BCUT2D eigenvalue weighted by atomic mass is 16.5. The molecular weight excluding hydrogens is 266 g/mol. The van der Waals surface area contributed by atoms with Crippen molar-refractivity contribution in [2.75, 3.05) is 13.7 Å². The van der Waals surface area contributed by atoms with Crippen molar-refractivity contribution in [2.45, 2.75) is 50.6 Å². The highest BCUT2D eigenvalue weighted by molar-refractivity contribution is 5.77. The van der Waals surface area contributed by atoms with Crippen molar-refractivity contribution >= 4 is 5.97 Å². The number of benzene rings is 1. The fourth-order valence-corrected chi connectivity index (χ4v) is 3.31. The van der Waals surface area contributed by atoms with Crippen molar-refractivity contribution in [1.29, 1.82) is 0 Å². The van der Waals surface area contributed by atoms with Crippen LogP contribution >= 0.6 is 0 Å². The Kier molecular flexibility index (Phi) is 4.44. The summed E-state index contributed by atoms with van der Waals surface area (Å²) in [7, 11) is 1.45. The fourth-order valence-electron chi connectivity index (χ4n) is 3.31. The van der Waals surface area contributed by atoms with Crippen LogP contribution in [0.25, 0.3) is 0 Å². The second-order valence-electron chi connectivity index (χ2n) is 5.92. The number of hydrogen-bond acceptors (Lipinski definition) is 4. The molecule has 0 radical (unpaired) electrons. The average Bonchev–Trinajstić information content (AvgIpc) is 3.00. The van der Waals surface area contributed by atoms with Crippen molar-refractivity contribution < 1.29 is 14.3 Å². The van der Waals surface area contributed by atoms with Crippen LogP contribution in [-0.2, 0) is 16.0 Å². The monoisotopic (exact) mass is 289 g/mol. The van der Waals surface area contributed by atoms with Gasteiger partial charge in [0.2, 0.25) is 0 Å². The van der Waals surface area contributed by atoms with Gasteiger partial charge in [-0.25, -0.2) is 4.79 Å². The van der Waals surface area contributed by atoms with Gasteiger partial charge in [0.1, 0.15) is 11.8 Å². The van der Waals surface area contributed by atoms with Crippen LogP contribution < -0.4 is 10.1 Å². The summed E-state index contributed by atoms with van der Waals surface area (Å²) in [6, 6.07) is 6.06. The molecule has 114 valence electrons. The number of carbonyl (C=O) groups is 1. The van der Waals surface area contributed by atoms with Gasteiger partial charge in [-0.2, -0.15) is 0 Å². The Balaban J connectivity index is 1.79. The van der Waals surface area contributed by atoms with Crippen LogP contribution in [0.4, 0.5) is 0 Å². The lowest BCUT2D eigenvalue weighted by Crippen LogP contribution is -2.38. The summed E-state index contributed by atoms with van der Waals surface area (Å²) in [5, 5.41) is 3.50. The summed E-state index contributed by atoms with van der Waals surface area (Å²) in [5.41, 5.74) is 2.17. The summed E-state index contributed by atoms with van der Waals surface area (Å²) < 4.78 is 10.5. The third kappa shape index (κ3) is 3.21. The number of hydrogen-bond donors (Lipinski definition) is 1. The molecule has 1 aromatic carbocycles. The molecule has 4 heteroatoms. The summed E-state index contributed by atoms with van der Waals surface area (Å²) in [6.45, 7) is 0.734. The van der Waals surface area contributed by atoms with E-state index in [0.717, 1.165) is 37.2 Å². The Bertz CT molecular complexity index is 509. The lowest BCUT2D eigenvalue weighted by molar-refractivity contribution is -0.143. The smallest absolute Gasteiger partial charge is 0.327 e. The van der Waals surface area contributed by atoms with E-state index in [2.05, 4.69) is 11.4 Å². The second kappa shape index (κ2) is 6.48. The summed E-state index contributed by atoms with van der Waals surface area (Å²) >= 11 is 0. The van der Waals surface area contributed by atoms with Gasteiger partial charge in [0.05, 0.1) is 13.7 Å². The molecule has 1 heterocycles. The van der Waals surface area contributed by atoms with Gasteiger partial charge in [-0.05, 0) is 36.1 Å². The van der Waals surface area contributed by atoms with E-state index in [0.29, 0.717) is 6.04 Å². The summed E-state index contributed by atoms with van der Waals surface area (Å²) in [5.74, 6) is 0.736. The van der Waals surface area contributed by atoms with Crippen molar-refractivity contribution in [2.24, 2.45) is 0 Å². The maximum atomic E-state index is 12.2. The minimum atomic E-state index is -0.371. The van der Waals surface area contributed by atoms with Crippen molar-refractivity contribution in [3.8, 4) is 5.75 Å². The largest absolute Gasteiger partial charge is 0.493 e. The molecule has 1 unspecified atom stereocenters. The molecule has 0 amide bonds. The maximum absolute atomic E-state index is 12.2. The zero-order chi connectivity index (χ0) is 14.7. The first kappa shape index (κ1) is 14.4. The third-order valence-electron chi connectivity index (χ3n) is 4.49. The maximum Gasteiger partial charge on any atom is 0.327 e. The molecule has 1 aliphatic carbocycles. The first-order chi connectivity index (χ1) is 10.3. The van der Waals surface area contributed by atoms with E-state index >= 15 is 0 Å². The molecule has 1 fully saturated rings. The number of esters is 1. The van der Waals surface area contributed by atoms with Gasteiger partial charge in [-0.15, -0.1) is 0 Å². The Labute approximate surface area is 125 Å². The van der Waals surface area contributed by atoms with Crippen LogP contribution in [0, 0.1) is 0 Å². The highest BCUT2D eigenvalue weighted by Crippen LogP contribution is 2.29. The minimum Gasteiger partial charge on any atom is -0.493 e. The van der Waals surface area contributed by atoms with Gasteiger partial charge < -0.3 is 9.47 Å². The van der Waals surface area contributed by atoms with Gasteiger partial charge in [0.25, 0.3) is 0 Å². The van der Waals surface area contributed by atoms with Crippen LogP contribution in [0.1, 0.15) is 49.3 Å². The number of ether oxygens (including phenoxy) is 2. The highest BCUT2D eigenvalue weighted by Gasteiger charge is 2.27. The molecule has 3 rings (SSSR count). The van der Waals surface area contributed by atoms with E-state index in [4.69, 9.17) is 9.47 Å². The molecule has 1 atom stereocenters. The lowest BCUT2D eigenvalue weighted by atomic mass is 9.93. The Hall–Kier alpha value is -1.55. The number of rotatable bonds is 4. The Morgan fingerprint density at radius 1 is 1.33 bits per heavy atom. The molecule has 4 nitrogen and oxygen atoms in total. The van der Waals surface area contributed by atoms with Crippen LogP contribution in [-0.4, -0.2) is 25.7 Å². The van der Waals surface area contributed by atoms with E-state index in [1.165, 1.54) is 31.9 Å². The molecule has 0 spiro atoms. The predicted molar refractivity (Wildman–Crippen MR) is 80.4 cm³/mol. The van der Waals surface area contributed by atoms with Crippen LogP contribution in [0.5, 0.6) is 5.75 Å². The van der Waals surface area contributed by atoms with Crippen molar-refractivity contribution in [3.05, 3.63) is 29.3 Å². The molecule has 1 saturated carbocycles. The van der Waals surface area contributed by atoms with E-state index in [1.807, 2.05) is 12.1 Å². The fraction of sp³-hybridized carbons (Fsp3) is 0.588. The first-order valence-electron chi connectivity index (χ1n) is 7.87. The van der Waals surface area contributed by atoms with E-state index in [9.17, 15) is 4.79 Å². The average molecular weight is 289 g/mol. The second-order valence-corrected chi connectivity index (χ2v) is 5.92. The van der Waals surface area contributed by atoms with Crippen LogP contribution in [0.3, 0.4) is 0 Å². The number of carbonyl (C=O) groups excluding carboxylic acids is 1. The number of nitrogens with one attached hydrogen (secondary N) is 1. The van der Waals surface area contributed by atoms with Gasteiger partial charge in [0.15, 0.2) is 0 Å². The SMILES string of the molecule is COC(=O)C(NC1CCCCC1)c1ccc2c(c1)CCO2. The van der Waals surface area contributed by atoms with E-state index in [-0.39, 0.29) is 12.0 Å². The van der Waals surface area contributed by atoms with Crippen LogP contribution in [0.2, 0.25) is 0 Å². The van der Waals surface area contributed by atoms with Gasteiger partial charge in [-0.3, -0.25) is 5.32 Å². The standard InChI is InChI=1S/C17H23NO3/c1-20-17(19)16(18-14-5-3-2-4-6-14)13-7-8-15-12(11-13)9-10-21-15/h7-8,11,14,16,18H,2-6,9-10H2,1H3. The first-order valence-corrected chi connectivity index (χ1v) is 7.87. The Morgan fingerprint density at radius 3 is 2.90 bits per heavy atom. The molecular formula is C17H23NO3. The third-order valence-corrected chi connectivity index (χ3v) is 4.49. The number of fused-ring (bicyclic) bond motifs is 1. The molecule has 21 heavy (non-hydrogen) atoms. The zero-order valence-corrected chi connectivity index (χ0v) is 12.6. The van der Waals surface area contributed by atoms with Crippen LogP contribution in [0.15, 0.2) is 18.2 Å². The molecule has 1 aromatic rings. The Morgan fingerprint density at radius 2 is 2.14 bits per heavy atom. The molecule has 2 aliphatic rings. The minimum absolute atomic E-state index is 0.209. The molecule has 0 saturated heterocycles. The van der Waals surface area contributed by atoms with Gasteiger partial charge in [0, 0.05) is 12.5 Å². The molecule has 1 aliphatic heterocycles. The number of methoxy groups -OCH3 is 1. The zero-order valence-electron chi connectivity index (χ0n) is 12.6. The van der Waals surface area contributed by atoms with Crippen molar-refractivity contribution in [1.82, 2.24) is 5.32 Å². The van der Waals surface area contributed by atoms with Gasteiger partial charge in [-0.1, -0.05) is 25.3 Å². The summed E-state index contributed by atoms with van der Waals surface area (Å²) in [6.07, 6.45) is 6.98. The normalized spacial score (nSPS) is 19.7. The predicted octanol–water partition coefficient (Wildman–Crippen LogP) is 2.76. The molecule has 1 N–H and O–H groups in total. The van der Waals surface area contributed by atoms with Gasteiger partial charge >= 0.3 is 5.97 Å². The lowest BCUT2D eigenvalue weighted by Gasteiger charge is -2.27. The van der Waals surface area contributed by atoms with E-state index in [1.54, 1.807) is 0 Å². The topological polar surface area (TPSA) is 47.6 Å². The molecule has 0 aromatic heterocycles. The molecule has 0 bridgehead atoms. The van der Waals surface area contributed by atoms with E-state index < -0.39 is 0 Å². The van der Waals surface area contributed by atoms with Crippen molar-refractivity contribution in [3.63, 3.8) is 0 Å². The quantitative estimate of drug-likeness (QED) is 0.866. The summed E-state index contributed by atoms with van der Waals surface area (Å²) in [4.78, 5) is 12.2.